The van der Waals surface area contributed by atoms with Crippen LogP contribution in [0, 0.1) is 5.82 Å². The van der Waals surface area contributed by atoms with Gasteiger partial charge in [0.1, 0.15) is 11.6 Å². The molecular formula is C16H11FN2O3. The number of methoxy groups -OCH3 is 1. The number of hydrogen-bond donors (Lipinski definition) is 1. The van der Waals surface area contributed by atoms with E-state index in [0.29, 0.717) is 10.9 Å². The highest BCUT2D eigenvalue weighted by Gasteiger charge is 2.19. The number of carbonyl (C=O) groups excluding carboxylic acids is 1. The second-order valence-electron chi connectivity index (χ2n) is 4.59. The van der Waals surface area contributed by atoms with Crippen molar-refractivity contribution in [2.24, 2.45) is 0 Å². The molecule has 0 aliphatic rings. The van der Waals surface area contributed by atoms with Crippen LogP contribution in [-0.4, -0.2) is 23.0 Å². The number of nitrogens with one attached hydrogen (secondary N) is 1. The zero-order valence-electron chi connectivity index (χ0n) is 11.6. The summed E-state index contributed by atoms with van der Waals surface area (Å²) < 4.78 is 18.8. The van der Waals surface area contributed by atoms with E-state index < -0.39 is 17.3 Å². The quantitative estimate of drug-likeness (QED) is 0.738. The van der Waals surface area contributed by atoms with Gasteiger partial charge in [-0.3, -0.25) is 4.79 Å². The highest BCUT2D eigenvalue weighted by molar-refractivity contribution is 5.96. The maximum absolute atomic E-state index is 14.2. The Morgan fingerprint density at radius 2 is 1.95 bits per heavy atom. The van der Waals surface area contributed by atoms with E-state index in [2.05, 4.69) is 14.7 Å². The molecule has 0 spiro atoms. The first-order valence-electron chi connectivity index (χ1n) is 6.48. The van der Waals surface area contributed by atoms with E-state index in [-0.39, 0.29) is 17.0 Å². The molecular weight excluding hydrogens is 287 g/mol. The van der Waals surface area contributed by atoms with Crippen molar-refractivity contribution in [1.82, 2.24) is 9.97 Å². The number of aromatic nitrogens is 2. The molecule has 0 amide bonds. The van der Waals surface area contributed by atoms with Crippen LogP contribution < -0.4 is 5.56 Å². The Balaban J connectivity index is 2.33. The van der Waals surface area contributed by atoms with Crippen molar-refractivity contribution in [1.29, 1.82) is 0 Å². The minimum atomic E-state index is -0.703. The number of ether oxygens (including phenoxy) is 1. The molecule has 2 aromatic carbocycles. The summed E-state index contributed by atoms with van der Waals surface area (Å²) in [6, 6.07) is 10.7. The Morgan fingerprint density at radius 3 is 2.73 bits per heavy atom. The third kappa shape index (κ3) is 2.24. The summed E-state index contributed by atoms with van der Waals surface area (Å²) in [5.41, 5.74) is -0.0712. The topological polar surface area (TPSA) is 72.0 Å². The van der Waals surface area contributed by atoms with Gasteiger partial charge in [-0.1, -0.05) is 18.2 Å². The summed E-state index contributed by atoms with van der Waals surface area (Å²) in [5.74, 6) is -1.38. The van der Waals surface area contributed by atoms with Crippen LogP contribution in [0.5, 0.6) is 0 Å². The Bertz CT molecular complexity index is 934. The molecule has 1 heterocycles. The molecule has 0 unspecified atom stereocenters. The summed E-state index contributed by atoms with van der Waals surface area (Å²) >= 11 is 0. The lowest BCUT2D eigenvalue weighted by Gasteiger charge is -2.09. The maximum Gasteiger partial charge on any atom is 0.338 e. The number of aromatic amines is 1. The zero-order chi connectivity index (χ0) is 15.7. The van der Waals surface area contributed by atoms with Gasteiger partial charge < -0.3 is 9.72 Å². The summed E-state index contributed by atoms with van der Waals surface area (Å²) in [5, 5.41) is 0.391. The van der Waals surface area contributed by atoms with Crippen molar-refractivity contribution in [3.8, 4) is 11.4 Å². The number of benzene rings is 2. The number of para-hydroxylation sites is 1. The monoisotopic (exact) mass is 298 g/mol. The van der Waals surface area contributed by atoms with Gasteiger partial charge in [0.25, 0.3) is 5.56 Å². The fourth-order valence-electron chi connectivity index (χ4n) is 2.25. The second-order valence-corrected chi connectivity index (χ2v) is 4.59. The minimum Gasteiger partial charge on any atom is -0.465 e. The number of rotatable bonds is 2. The van der Waals surface area contributed by atoms with Gasteiger partial charge in [-0.2, -0.15) is 0 Å². The third-order valence-electron chi connectivity index (χ3n) is 3.27. The highest BCUT2D eigenvalue weighted by atomic mass is 19.1. The molecule has 0 saturated heterocycles. The summed E-state index contributed by atoms with van der Waals surface area (Å²) in [6.07, 6.45) is 0. The zero-order valence-corrected chi connectivity index (χ0v) is 11.6. The van der Waals surface area contributed by atoms with Gasteiger partial charge in [-0.05, 0) is 24.3 Å². The molecule has 0 bridgehead atoms. The first-order valence-corrected chi connectivity index (χ1v) is 6.48. The predicted molar refractivity (Wildman–Crippen MR) is 79.1 cm³/mol. The van der Waals surface area contributed by atoms with E-state index in [1.54, 1.807) is 24.3 Å². The predicted octanol–water partition coefficient (Wildman–Crippen LogP) is 2.52. The lowest BCUT2D eigenvalue weighted by Crippen LogP contribution is -2.12. The molecule has 0 aliphatic heterocycles. The van der Waals surface area contributed by atoms with E-state index in [4.69, 9.17) is 0 Å². The van der Waals surface area contributed by atoms with E-state index in [1.165, 1.54) is 25.3 Å². The molecule has 6 heteroatoms. The van der Waals surface area contributed by atoms with Crippen LogP contribution in [0.3, 0.4) is 0 Å². The van der Waals surface area contributed by atoms with Gasteiger partial charge in [0, 0.05) is 0 Å². The molecule has 110 valence electrons. The van der Waals surface area contributed by atoms with Gasteiger partial charge in [0.15, 0.2) is 0 Å². The molecule has 3 aromatic rings. The molecule has 3 rings (SSSR count). The van der Waals surface area contributed by atoms with E-state index in [9.17, 15) is 14.0 Å². The van der Waals surface area contributed by atoms with Crippen LogP contribution in [0.25, 0.3) is 22.3 Å². The van der Waals surface area contributed by atoms with E-state index >= 15 is 0 Å². The molecule has 0 saturated carbocycles. The fraction of sp³-hybridized carbons (Fsp3) is 0.0625. The number of esters is 1. The van der Waals surface area contributed by atoms with Crippen LogP contribution in [-0.2, 0) is 4.74 Å². The number of fused-ring (bicyclic) bond motifs is 1. The van der Waals surface area contributed by atoms with Crippen LogP contribution in [0.4, 0.5) is 4.39 Å². The van der Waals surface area contributed by atoms with Gasteiger partial charge >= 0.3 is 5.97 Å². The molecule has 0 radical (unpaired) electrons. The molecule has 0 aliphatic carbocycles. The Labute approximate surface area is 124 Å². The van der Waals surface area contributed by atoms with Crippen molar-refractivity contribution in [2.45, 2.75) is 0 Å². The normalized spacial score (nSPS) is 10.6. The van der Waals surface area contributed by atoms with Crippen molar-refractivity contribution in [2.75, 3.05) is 7.11 Å². The van der Waals surface area contributed by atoms with Crippen molar-refractivity contribution in [3.05, 3.63) is 64.2 Å². The SMILES string of the molecule is COC(=O)c1cccc(F)c1-c1nc2ccccc2c(=O)[nH]1. The average molecular weight is 298 g/mol. The van der Waals surface area contributed by atoms with E-state index in [0.717, 1.165) is 0 Å². The van der Waals surface area contributed by atoms with Crippen LogP contribution in [0.2, 0.25) is 0 Å². The number of hydrogen-bond acceptors (Lipinski definition) is 4. The third-order valence-corrected chi connectivity index (χ3v) is 3.27. The average Bonchev–Trinajstić information content (AvgIpc) is 2.53. The Hall–Kier alpha value is -3.02. The van der Waals surface area contributed by atoms with Gasteiger partial charge in [0.05, 0.1) is 29.1 Å². The van der Waals surface area contributed by atoms with E-state index in [1.807, 2.05) is 0 Å². The number of carbonyl (C=O) groups is 1. The van der Waals surface area contributed by atoms with Gasteiger partial charge in [0.2, 0.25) is 0 Å². The van der Waals surface area contributed by atoms with Crippen LogP contribution in [0.15, 0.2) is 47.3 Å². The first kappa shape index (κ1) is 13.9. The van der Waals surface area contributed by atoms with Crippen molar-refractivity contribution < 1.29 is 13.9 Å². The highest BCUT2D eigenvalue weighted by Crippen LogP contribution is 2.25. The molecule has 1 N–H and O–H groups in total. The maximum atomic E-state index is 14.2. The van der Waals surface area contributed by atoms with Crippen LogP contribution >= 0.6 is 0 Å². The number of nitrogens with zero attached hydrogens (tertiary/aromatic N) is 1. The molecule has 0 fully saturated rings. The summed E-state index contributed by atoms with van der Waals surface area (Å²) in [6.45, 7) is 0. The first-order chi connectivity index (χ1) is 10.6. The molecule has 5 nitrogen and oxygen atoms in total. The minimum absolute atomic E-state index is 0.000862. The Kier molecular flexibility index (Phi) is 3.42. The fourth-order valence-corrected chi connectivity index (χ4v) is 2.25. The lowest BCUT2D eigenvalue weighted by atomic mass is 10.1. The standard InChI is InChI=1S/C16H11FN2O3/c1-22-16(21)10-6-4-7-11(17)13(10)14-18-12-8-3-2-5-9(12)15(20)19-14/h2-8H,1H3,(H,18,19,20). The second kappa shape index (κ2) is 5.40. The summed E-state index contributed by atoms with van der Waals surface area (Å²) in [4.78, 5) is 30.7. The molecule has 1 aromatic heterocycles. The number of H-pyrrole nitrogens is 1. The van der Waals surface area contributed by atoms with Crippen LogP contribution in [0.1, 0.15) is 10.4 Å². The largest absolute Gasteiger partial charge is 0.465 e. The summed E-state index contributed by atoms with van der Waals surface area (Å²) in [7, 11) is 1.20. The lowest BCUT2D eigenvalue weighted by molar-refractivity contribution is 0.0601. The Morgan fingerprint density at radius 1 is 1.18 bits per heavy atom. The van der Waals surface area contributed by atoms with Crippen molar-refractivity contribution in [3.63, 3.8) is 0 Å². The molecule has 0 atom stereocenters. The van der Waals surface area contributed by atoms with Crippen molar-refractivity contribution >= 4 is 16.9 Å². The smallest absolute Gasteiger partial charge is 0.338 e. The number of halogens is 1. The molecule has 22 heavy (non-hydrogen) atoms. The van der Waals surface area contributed by atoms with Gasteiger partial charge in [-0.25, -0.2) is 14.2 Å². The van der Waals surface area contributed by atoms with Gasteiger partial charge in [-0.15, -0.1) is 0 Å².